The fourth-order valence-electron chi connectivity index (χ4n) is 1.24. The highest BCUT2D eigenvalue weighted by atomic mass is 79.9. The Bertz CT molecular complexity index is 436. The molecule has 2 rings (SSSR count). The van der Waals surface area contributed by atoms with Gasteiger partial charge in [0, 0.05) is 35.5 Å². The number of hydrogen-bond donors (Lipinski definition) is 0. The highest BCUT2D eigenvalue weighted by Gasteiger charge is 1.98. The van der Waals surface area contributed by atoms with E-state index in [0.717, 1.165) is 27.6 Å². The van der Waals surface area contributed by atoms with Crippen LogP contribution in [0.2, 0.25) is 0 Å². The molecular weight excluding hydrogens is 322 g/mol. The summed E-state index contributed by atoms with van der Waals surface area (Å²) in [6.45, 7) is 0.847. The molecule has 0 N–H and O–H groups in total. The van der Waals surface area contributed by atoms with Crippen LogP contribution in [0.5, 0.6) is 0 Å². The zero-order valence-electron chi connectivity index (χ0n) is 7.90. The summed E-state index contributed by atoms with van der Waals surface area (Å²) in [5.74, 6) is 0. The lowest BCUT2D eigenvalue weighted by molar-refractivity contribution is 0.608. The Morgan fingerprint density at radius 1 is 1.13 bits per heavy atom. The van der Waals surface area contributed by atoms with Crippen LogP contribution in [0.3, 0.4) is 0 Å². The predicted octanol–water partition coefficient (Wildman–Crippen LogP) is 3.05. The topological polar surface area (TPSA) is 30.7 Å². The van der Waals surface area contributed by atoms with Crippen molar-refractivity contribution < 1.29 is 0 Å². The summed E-state index contributed by atoms with van der Waals surface area (Å²) in [5, 5.41) is 4.18. The lowest BCUT2D eigenvalue weighted by Crippen LogP contribution is -2.02. The van der Waals surface area contributed by atoms with E-state index in [-0.39, 0.29) is 0 Å². The molecule has 0 bridgehead atoms. The molecule has 0 unspecified atom stereocenters. The molecule has 0 saturated carbocycles. The number of hydrogen-bond acceptors (Lipinski definition) is 2. The lowest BCUT2D eigenvalue weighted by atomic mass is 10.3. The van der Waals surface area contributed by atoms with Gasteiger partial charge in [-0.05, 0) is 44.0 Å². The second-order valence-corrected chi connectivity index (χ2v) is 4.97. The molecule has 0 saturated heterocycles. The summed E-state index contributed by atoms with van der Waals surface area (Å²) in [7, 11) is 0. The van der Waals surface area contributed by atoms with Crippen LogP contribution in [0.1, 0.15) is 5.69 Å². The van der Waals surface area contributed by atoms with Gasteiger partial charge >= 0.3 is 0 Å². The van der Waals surface area contributed by atoms with Crippen LogP contribution in [0.4, 0.5) is 0 Å². The second kappa shape index (κ2) is 4.90. The van der Waals surface area contributed by atoms with E-state index in [2.05, 4.69) is 41.9 Å². The summed E-state index contributed by atoms with van der Waals surface area (Å²) in [4.78, 5) is 4.30. The molecule has 5 heteroatoms. The molecule has 2 aromatic rings. The highest BCUT2D eigenvalue weighted by molar-refractivity contribution is 9.10. The Hall–Kier alpha value is -0.680. The van der Waals surface area contributed by atoms with Gasteiger partial charge in [0.2, 0.25) is 0 Å². The summed E-state index contributed by atoms with van der Waals surface area (Å²) < 4.78 is 3.91. The molecule has 0 aliphatic carbocycles. The minimum Gasteiger partial charge on any atom is -0.271 e. The molecule has 0 fully saturated rings. The molecule has 3 nitrogen and oxygen atoms in total. The summed E-state index contributed by atoms with van der Waals surface area (Å²) in [6, 6.07) is 4.02. The summed E-state index contributed by atoms with van der Waals surface area (Å²) in [6.07, 6.45) is 6.45. The Labute approximate surface area is 105 Å². The Balaban J connectivity index is 1.96. The van der Waals surface area contributed by atoms with Crippen molar-refractivity contribution in [2.45, 2.75) is 13.0 Å². The van der Waals surface area contributed by atoms with Crippen LogP contribution in [-0.2, 0) is 13.0 Å². The van der Waals surface area contributed by atoms with Crippen molar-refractivity contribution in [2.75, 3.05) is 0 Å². The van der Waals surface area contributed by atoms with Crippen molar-refractivity contribution in [1.82, 2.24) is 14.8 Å². The van der Waals surface area contributed by atoms with Gasteiger partial charge in [0.05, 0.1) is 10.7 Å². The van der Waals surface area contributed by atoms with Crippen molar-refractivity contribution >= 4 is 31.9 Å². The molecule has 0 atom stereocenters. The average molecular weight is 331 g/mol. The van der Waals surface area contributed by atoms with E-state index in [4.69, 9.17) is 0 Å². The molecule has 2 heterocycles. The quantitative estimate of drug-likeness (QED) is 0.866. The summed E-state index contributed by atoms with van der Waals surface area (Å²) >= 11 is 6.72. The molecule has 15 heavy (non-hydrogen) atoms. The van der Waals surface area contributed by atoms with Gasteiger partial charge in [-0.3, -0.25) is 9.67 Å². The molecule has 0 aliphatic rings. The predicted molar refractivity (Wildman–Crippen MR) is 65.6 cm³/mol. The third kappa shape index (κ3) is 3.14. The van der Waals surface area contributed by atoms with Gasteiger partial charge in [-0.2, -0.15) is 5.10 Å². The van der Waals surface area contributed by atoms with E-state index in [1.807, 2.05) is 29.2 Å². The largest absolute Gasteiger partial charge is 0.271 e. The number of aryl methyl sites for hydroxylation is 2. The molecular formula is C10H9Br2N3. The van der Waals surface area contributed by atoms with Gasteiger partial charge in [-0.25, -0.2) is 0 Å². The van der Waals surface area contributed by atoms with Gasteiger partial charge in [0.1, 0.15) is 0 Å². The molecule has 0 spiro atoms. The monoisotopic (exact) mass is 329 g/mol. The van der Waals surface area contributed by atoms with Crippen LogP contribution in [0, 0.1) is 0 Å². The zero-order chi connectivity index (χ0) is 10.7. The van der Waals surface area contributed by atoms with Gasteiger partial charge in [0.25, 0.3) is 0 Å². The first-order valence-electron chi connectivity index (χ1n) is 4.52. The van der Waals surface area contributed by atoms with Crippen molar-refractivity contribution in [3.63, 3.8) is 0 Å². The summed E-state index contributed by atoms with van der Waals surface area (Å²) in [5.41, 5.74) is 1.07. The molecule has 0 aromatic carbocycles. The first-order chi connectivity index (χ1) is 7.24. The maximum atomic E-state index is 4.30. The number of aromatic nitrogens is 3. The smallest absolute Gasteiger partial charge is 0.0632 e. The lowest BCUT2D eigenvalue weighted by Gasteiger charge is -2.01. The Morgan fingerprint density at radius 2 is 2.00 bits per heavy atom. The second-order valence-electron chi connectivity index (χ2n) is 3.14. The van der Waals surface area contributed by atoms with Crippen molar-refractivity contribution in [1.29, 1.82) is 0 Å². The first-order valence-corrected chi connectivity index (χ1v) is 6.11. The van der Waals surface area contributed by atoms with Crippen LogP contribution in [0.25, 0.3) is 0 Å². The fraction of sp³-hybridized carbons (Fsp3) is 0.200. The molecule has 78 valence electrons. The van der Waals surface area contributed by atoms with E-state index in [1.165, 1.54) is 0 Å². The molecule has 0 radical (unpaired) electrons. The fourth-order valence-corrected chi connectivity index (χ4v) is 1.81. The molecule has 2 aromatic heterocycles. The number of nitrogens with zero attached hydrogens (tertiary/aromatic N) is 3. The maximum absolute atomic E-state index is 4.30. The van der Waals surface area contributed by atoms with E-state index in [9.17, 15) is 0 Å². The van der Waals surface area contributed by atoms with E-state index < -0.39 is 0 Å². The standard InChI is InChI=1S/C10H9Br2N3/c11-8-1-2-10(13-5-8)3-4-15-7-9(12)6-14-15/h1-2,5-7H,3-4H2. The van der Waals surface area contributed by atoms with Gasteiger partial charge in [0.15, 0.2) is 0 Å². The third-order valence-corrected chi connectivity index (χ3v) is 2.87. The average Bonchev–Trinajstić information content (AvgIpc) is 2.64. The van der Waals surface area contributed by atoms with E-state index in [0.29, 0.717) is 0 Å². The minimum absolute atomic E-state index is 0.847. The highest BCUT2D eigenvalue weighted by Crippen LogP contribution is 2.09. The van der Waals surface area contributed by atoms with Crippen molar-refractivity contribution in [3.05, 3.63) is 45.4 Å². The molecule has 0 amide bonds. The minimum atomic E-state index is 0.847. The maximum Gasteiger partial charge on any atom is 0.0632 e. The zero-order valence-corrected chi connectivity index (χ0v) is 11.1. The van der Waals surface area contributed by atoms with Crippen LogP contribution in [-0.4, -0.2) is 14.8 Å². The normalized spacial score (nSPS) is 10.5. The first kappa shape index (κ1) is 10.8. The molecule has 0 aliphatic heterocycles. The van der Waals surface area contributed by atoms with Gasteiger partial charge < -0.3 is 0 Å². The number of pyridine rings is 1. The van der Waals surface area contributed by atoms with Crippen LogP contribution in [0.15, 0.2) is 39.7 Å². The van der Waals surface area contributed by atoms with Crippen molar-refractivity contribution in [2.24, 2.45) is 0 Å². The number of halogens is 2. The Morgan fingerprint density at radius 3 is 2.60 bits per heavy atom. The van der Waals surface area contributed by atoms with Gasteiger partial charge in [-0.15, -0.1) is 0 Å². The number of rotatable bonds is 3. The van der Waals surface area contributed by atoms with E-state index in [1.54, 1.807) is 6.20 Å². The van der Waals surface area contributed by atoms with Crippen LogP contribution < -0.4 is 0 Å². The third-order valence-electron chi connectivity index (χ3n) is 1.99. The van der Waals surface area contributed by atoms with E-state index >= 15 is 0 Å². The van der Waals surface area contributed by atoms with Crippen molar-refractivity contribution in [3.8, 4) is 0 Å². The SMILES string of the molecule is Brc1ccc(CCn2cc(Br)cn2)nc1. The Kier molecular flexibility index (Phi) is 3.53. The van der Waals surface area contributed by atoms with Crippen LogP contribution >= 0.6 is 31.9 Å². The van der Waals surface area contributed by atoms with Gasteiger partial charge in [-0.1, -0.05) is 0 Å².